The molecule has 1 aliphatic rings. The molecule has 3 rings (SSSR count). The number of nitrogens with zero attached hydrogens (tertiary/aromatic N) is 3. The molecule has 0 aliphatic carbocycles. The average molecular weight is 467 g/mol. The molecule has 1 fully saturated rings. The van der Waals surface area contributed by atoms with Crippen LogP contribution in [0.15, 0.2) is 36.2 Å². The number of esters is 1. The molecule has 8 nitrogen and oxygen atoms in total. The Bertz CT molecular complexity index is 1040. The lowest BCUT2D eigenvalue weighted by Gasteiger charge is -2.12. The first-order chi connectivity index (χ1) is 16.5. The number of urea groups is 1. The SMILES string of the molecule is CCCCCCN1C(=O)N/C(=C\c2cnc(CCCC)n2Cc2ccc(C(=O)OC)cc2)C1=O. The van der Waals surface area contributed by atoms with E-state index in [1.165, 1.54) is 12.0 Å². The summed E-state index contributed by atoms with van der Waals surface area (Å²) in [6, 6.07) is 6.86. The molecule has 1 N–H and O–H groups in total. The third-order valence-corrected chi connectivity index (χ3v) is 5.93. The lowest BCUT2D eigenvalue weighted by Crippen LogP contribution is -2.31. The highest BCUT2D eigenvalue weighted by atomic mass is 16.5. The van der Waals surface area contributed by atoms with Crippen molar-refractivity contribution < 1.29 is 19.1 Å². The second-order valence-corrected chi connectivity index (χ2v) is 8.48. The molecule has 1 aromatic carbocycles. The highest BCUT2D eigenvalue weighted by molar-refractivity contribution is 6.13. The number of aromatic nitrogens is 2. The van der Waals surface area contributed by atoms with Crippen molar-refractivity contribution in [2.75, 3.05) is 13.7 Å². The number of imidazole rings is 1. The molecule has 0 bridgehead atoms. The van der Waals surface area contributed by atoms with Crippen LogP contribution in [-0.2, 0) is 22.5 Å². The number of benzene rings is 1. The number of methoxy groups -OCH3 is 1. The van der Waals surface area contributed by atoms with E-state index in [9.17, 15) is 14.4 Å². The first-order valence-corrected chi connectivity index (χ1v) is 12.0. The van der Waals surface area contributed by atoms with Crippen LogP contribution in [0, 0.1) is 0 Å². The van der Waals surface area contributed by atoms with E-state index in [1.54, 1.807) is 24.4 Å². The average Bonchev–Trinajstić information content (AvgIpc) is 3.34. The largest absolute Gasteiger partial charge is 0.465 e. The molecule has 0 saturated carbocycles. The Labute approximate surface area is 201 Å². The Hall–Kier alpha value is -3.42. The summed E-state index contributed by atoms with van der Waals surface area (Å²) >= 11 is 0. The summed E-state index contributed by atoms with van der Waals surface area (Å²) < 4.78 is 6.83. The summed E-state index contributed by atoms with van der Waals surface area (Å²) in [5.74, 6) is 0.240. The number of nitrogens with one attached hydrogen (secondary N) is 1. The highest BCUT2D eigenvalue weighted by Crippen LogP contribution is 2.19. The standard InChI is InChI=1S/C26H34N4O4/c1-4-6-8-9-15-29-24(31)22(28-26(29)33)16-21-17-27-23(10-7-5-2)30(21)18-19-11-13-20(14-12-19)25(32)34-3/h11-14,16-17H,4-10,15,18H2,1-3H3,(H,28,33)/b22-16-. The van der Waals surface area contributed by atoms with E-state index in [4.69, 9.17) is 4.74 Å². The fourth-order valence-electron chi connectivity index (χ4n) is 3.93. The van der Waals surface area contributed by atoms with E-state index in [0.29, 0.717) is 18.7 Å². The van der Waals surface area contributed by atoms with Gasteiger partial charge in [-0.2, -0.15) is 0 Å². The number of hydrogen-bond acceptors (Lipinski definition) is 5. The van der Waals surface area contributed by atoms with Gasteiger partial charge in [0, 0.05) is 19.5 Å². The fraction of sp³-hybridized carbons (Fsp3) is 0.462. The number of unbranched alkanes of at least 4 members (excludes halogenated alkanes) is 4. The smallest absolute Gasteiger partial charge is 0.337 e. The Balaban J connectivity index is 1.82. The van der Waals surface area contributed by atoms with E-state index in [0.717, 1.165) is 62.0 Å². The Morgan fingerprint density at radius 3 is 2.47 bits per heavy atom. The Kier molecular flexibility index (Phi) is 9.01. The maximum Gasteiger partial charge on any atom is 0.337 e. The zero-order valence-electron chi connectivity index (χ0n) is 20.3. The summed E-state index contributed by atoms with van der Waals surface area (Å²) in [7, 11) is 1.36. The van der Waals surface area contributed by atoms with E-state index >= 15 is 0 Å². The molecule has 8 heteroatoms. The Morgan fingerprint density at radius 2 is 1.79 bits per heavy atom. The van der Waals surface area contributed by atoms with Crippen LogP contribution in [0.3, 0.4) is 0 Å². The van der Waals surface area contributed by atoms with Crippen molar-refractivity contribution in [1.82, 2.24) is 19.8 Å². The first kappa shape index (κ1) is 25.2. The van der Waals surface area contributed by atoms with Gasteiger partial charge in [0.15, 0.2) is 0 Å². The van der Waals surface area contributed by atoms with Crippen molar-refractivity contribution in [3.63, 3.8) is 0 Å². The number of amides is 3. The zero-order valence-corrected chi connectivity index (χ0v) is 20.3. The number of rotatable bonds is 12. The number of carbonyl (C=O) groups excluding carboxylic acids is 3. The molecule has 2 aromatic rings. The van der Waals surface area contributed by atoms with E-state index < -0.39 is 0 Å². The van der Waals surface area contributed by atoms with E-state index in [2.05, 4.69) is 28.7 Å². The van der Waals surface area contributed by atoms with Crippen molar-refractivity contribution in [3.05, 3.63) is 58.8 Å². The molecule has 0 radical (unpaired) electrons. The number of imide groups is 1. The normalized spacial score (nSPS) is 14.7. The van der Waals surface area contributed by atoms with Crippen LogP contribution in [0.4, 0.5) is 4.79 Å². The summed E-state index contributed by atoms with van der Waals surface area (Å²) in [4.78, 5) is 42.8. The van der Waals surface area contributed by atoms with Gasteiger partial charge in [-0.3, -0.25) is 9.69 Å². The van der Waals surface area contributed by atoms with E-state index in [-0.39, 0.29) is 23.6 Å². The number of ether oxygens (including phenoxy) is 1. The topological polar surface area (TPSA) is 93.5 Å². The van der Waals surface area contributed by atoms with Gasteiger partial charge in [0.2, 0.25) is 0 Å². The summed E-state index contributed by atoms with van der Waals surface area (Å²) in [5, 5.41) is 2.72. The van der Waals surface area contributed by atoms with Gasteiger partial charge in [-0.05, 0) is 36.6 Å². The van der Waals surface area contributed by atoms with Crippen LogP contribution >= 0.6 is 0 Å². The van der Waals surface area contributed by atoms with Crippen molar-refractivity contribution >= 4 is 24.0 Å². The maximum atomic E-state index is 12.9. The molecule has 0 atom stereocenters. The Morgan fingerprint density at radius 1 is 1.06 bits per heavy atom. The molecule has 1 aromatic heterocycles. The van der Waals surface area contributed by atoms with Crippen molar-refractivity contribution in [3.8, 4) is 0 Å². The van der Waals surface area contributed by atoms with Gasteiger partial charge in [-0.1, -0.05) is 51.7 Å². The van der Waals surface area contributed by atoms with Crippen LogP contribution in [0.2, 0.25) is 0 Å². The van der Waals surface area contributed by atoms with Gasteiger partial charge >= 0.3 is 12.0 Å². The minimum absolute atomic E-state index is 0.268. The number of hydrogen-bond donors (Lipinski definition) is 1. The predicted molar refractivity (Wildman–Crippen MR) is 130 cm³/mol. The number of carbonyl (C=O) groups is 3. The minimum atomic E-state index is -0.377. The fourth-order valence-corrected chi connectivity index (χ4v) is 3.93. The molecule has 0 unspecified atom stereocenters. The lowest BCUT2D eigenvalue weighted by atomic mass is 10.1. The zero-order chi connectivity index (χ0) is 24.5. The third kappa shape index (κ3) is 6.12. The van der Waals surface area contributed by atoms with Crippen LogP contribution < -0.4 is 5.32 Å². The second kappa shape index (κ2) is 12.2. The van der Waals surface area contributed by atoms with Crippen molar-refractivity contribution in [2.24, 2.45) is 0 Å². The van der Waals surface area contributed by atoms with Gasteiger partial charge in [0.05, 0.1) is 24.6 Å². The second-order valence-electron chi connectivity index (χ2n) is 8.48. The minimum Gasteiger partial charge on any atom is -0.465 e. The molecule has 1 aliphatic heterocycles. The molecule has 2 heterocycles. The van der Waals surface area contributed by atoms with E-state index in [1.807, 2.05) is 12.1 Å². The van der Waals surface area contributed by atoms with Gasteiger partial charge in [-0.25, -0.2) is 14.6 Å². The van der Waals surface area contributed by atoms with Crippen LogP contribution in [-0.4, -0.2) is 46.0 Å². The summed E-state index contributed by atoms with van der Waals surface area (Å²) in [6.45, 7) is 5.21. The molecule has 34 heavy (non-hydrogen) atoms. The van der Waals surface area contributed by atoms with Crippen LogP contribution in [0.25, 0.3) is 6.08 Å². The van der Waals surface area contributed by atoms with Crippen molar-refractivity contribution in [2.45, 2.75) is 65.3 Å². The summed E-state index contributed by atoms with van der Waals surface area (Å²) in [5.41, 5.74) is 2.50. The highest BCUT2D eigenvalue weighted by Gasteiger charge is 2.33. The third-order valence-electron chi connectivity index (χ3n) is 5.93. The molecule has 3 amide bonds. The van der Waals surface area contributed by atoms with Crippen LogP contribution in [0.1, 0.15) is 79.8 Å². The number of aryl methyl sites for hydroxylation is 1. The monoisotopic (exact) mass is 466 g/mol. The molecular weight excluding hydrogens is 432 g/mol. The maximum absolute atomic E-state index is 12.9. The van der Waals surface area contributed by atoms with Gasteiger partial charge in [-0.15, -0.1) is 0 Å². The van der Waals surface area contributed by atoms with Crippen molar-refractivity contribution in [1.29, 1.82) is 0 Å². The predicted octanol–water partition coefficient (Wildman–Crippen LogP) is 4.53. The van der Waals surface area contributed by atoms with Gasteiger partial charge in [0.1, 0.15) is 11.5 Å². The quantitative estimate of drug-likeness (QED) is 0.215. The first-order valence-electron chi connectivity index (χ1n) is 12.0. The van der Waals surface area contributed by atoms with Gasteiger partial charge in [0.25, 0.3) is 5.91 Å². The lowest BCUT2D eigenvalue weighted by molar-refractivity contribution is -0.122. The molecule has 1 saturated heterocycles. The molecule has 0 spiro atoms. The molecular formula is C26H34N4O4. The van der Waals surface area contributed by atoms with Crippen LogP contribution in [0.5, 0.6) is 0 Å². The summed E-state index contributed by atoms with van der Waals surface area (Å²) in [6.07, 6.45) is 10.3. The van der Waals surface area contributed by atoms with Gasteiger partial charge < -0.3 is 14.6 Å². The molecule has 182 valence electrons.